The fourth-order valence-electron chi connectivity index (χ4n) is 6.78. The number of fused-ring (bicyclic) bond motifs is 4. The quantitative estimate of drug-likeness (QED) is 0.0904. The monoisotopic (exact) mass is 954 g/mol. The molecule has 59 heavy (non-hydrogen) atoms. The second-order valence-corrected chi connectivity index (χ2v) is 16.1. The number of hydrogen-bond donors (Lipinski definition) is 4. The molecule has 2 aliphatic rings. The standard InChI is InChI=1S/2C21H15NO6S.Ba/c2*1-11-6-7-14(17(10-11)29(26,27)28)22-15-8-9-16(23)19-18(15)20(24)12-4-2-3-5-13(12)21(19)25;/h2*2-10,22-23H,1H3,(H,26,27,28);/q;;+2/p-2. The third kappa shape index (κ3) is 8.14. The van der Waals surface area contributed by atoms with E-state index >= 15 is 0 Å². The zero-order valence-corrected chi connectivity index (χ0v) is 37.0. The summed E-state index contributed by atoms with van der Waals surface area (Å²) < 4.78 is 68.1. The van der Waals surface area contributed by atoms with Gasteiger partial charge in [-0.1, -0.05) is 72.5 Å². The van der Waals surface area contributed by atoms with Crippen LogP contribution < -0.4 is 15.7 Å². The molecule has 6 aromatic carbocycles. The number of rotatable bonds is 6. The van der Waals surface area contributed by atoms with Crippen molar-refractivity contribution in [2.24, 2.45) is 0 Å². The maximum atomic E-state index is 13.1. The number of aromatic hydroxyl groups is 1. The maximum Gasteiger partial charge on any atom is 2.00 e. The van der Waals surface area contributed by atoms with Crippen molar-refractivity contribution in [3.05, 3.63) is 165 Å². The van der Waals surface area contributed by atoms with E-state index in [9.17, 15) is 55.3 Å². The molecule has 0 aromatic heterocycles. The Morgan fingerprint density at radius 1 is 0.508 bits per heavy atom. The van der Waals surface area contributed by atoms with Gasteiger partial charge in [0.15, 0.2) is 23.1 Å². The van der Waals surface area contributed by atoms with Crippen molar-refractivity contribution in [1.82, 2.24) is 0 Å². The molecule has 0 fully saturated rings. The third-order valence-corrected chi connectivity index (χ3v) is 11.2. The fraction of sp³-hybridized carbons (Fsp3) is 0.0476. The molecule has 6 aromatic rings. The van der Waals surface area contributed by atoms with E-state index in [-0.39, 0.29) is 127 Å². The Morgan fingerprint density at radius 2 is 0.881 bits per heavy atom. The van der Waals surface area contributed by atoms with E-state index in [1.54, 1.807) is 50.2 Å². The van der Waals surface area contributed by atoms with E-state index in [0.717, 1.165) is 6.07 Å². The molecular weight excluding hydrogens is 926 g/mol. The average molecular weight is 954 g/mol. The summed E-state index contributed by atoms with van der Waals surface area (Å²) in [5.74, 6) is -3.06. The van der Waals surface area contributed by atoms with E-state index in [1.807, 2.05) is 0 Å². The summed E-state index contributed by atoms with van der Waals surface area (Å²) in [6.07, 6.45) is 0. The minimum absolute atomic E-state index is 0. The van der Waals surface area contributed by atoms with Crippen molar-refractivity contribution >= 4 is 115 Å². The van der Waals surface area contributed by atoms with Gasteiger partial charge in [0.1, 0.15) is 20.8 Å². The van der Waals surface area contributed by atoms with E-state index in [2.05, 4.69) is 10.6 Å². The first kappa shape index (κ1) is 43.2. The number of carbonyl (C=O) groups is 4. The van der Waals surface area contributed by atoms with Crippen LogP contribution in [0.15, 0.2) is 119 Å². The van der Waals surface area contributed by atoms with Crippen molar-refractivity contribution in [3.63, 3.8) is 0 Å². The Balaban J connectivity index is 0.000000195. The van der Waals surface area contributed by atoms with Gasteiger partial charge in [0, 0.05) is 27.8 Å². The molecule has 14 nitrogen and oxygen atoms in total. The fourth-order valence-corrected chi connectivity index (χ4v) is 8.23. The number of benzene rings is 6. The Kier molecular flexibility index (Phi) is 11.9. The van der Waals surface area contributed by atoms with Crippen molar-refractivity contribution in [3.8, 4) is 11.5 Å². The van der Waals surface area contributed by atoms with Crippen molar-refractivity contribution in [2.75, 3.05) is 10.6 Å². The van der Waals surface area contributed by atoms with Gasteiger partial charge in [-0.05, 0) is 67.4 Å². The summed E-state index contributed by atoms with van der Waals surface area (Å²) in [4.78, 5) is 51.0. The average Bonchev–Trinajstić information content (AvgIpc) is 3.18. The summed E-state index contributed by atoms with van der Waals surface area (Å²) in [7, 11) is -9.35. The van der Waals surface area contributed by atoms with Crippen molar-refractivity contribution < 1.29 is 55.3 Å². The Bertz CT molecular complexity index is 2830. The Morgan fingerprint density at radius 3 is 1.34 bits per heavy atom. The van der Waals surface area contributed by atoms with E-state index < -0.39 is 54.0 Å². The van der Waals surface area contributed by atoms with Crippen molar-refractivity contribution in [1.29, 1.82) is 0 Å². The Labute approximate surface area is 377 Å². The normalized spacial score (nSPS) is 12.8. The smallest absolute Gasteiger partial charge is 0.872 e. The number of aryl methyl sites for hydroxylation is 2. The largest absolute Gasteiger partial charge is 2.00 e. The second kappa shape index (κ2) is 16.3. The summed E-state index contributed by atoms with van der Waals surface area (Å²) in [5, 5.41) is 28.2. The zero-order chi connectivity index (χ0) is 41.8. The summed E-state index contributed by atoms with van der Waals surface area (Å²) in [6, 6.07) is 26.0. The van der Waals surface area contributed by atoms with Crippen LogP contribution in [-0.2, 0) is 20.2 Å². The van der Waals surface area contributed by atoms with E-state index in [0.29, 0.717) is 11.1 Å². The molecular formula is C42H28BaN2O12S2. The molecule has 0 bridgehead atoms. The van der Waals surface area contributed by atoms with E-state index in [1.165, 1.54) is 66.7 Å². The molecule has 0 spiro atoms. The molecule has 0 unspecified atom stereocenters. The topological polar surface area (TPSA) is 247 Å². The van der Waals surface area contributed by atoms with E-state index in [4.69, 9.17) is 0 Å². The van der Waals surface area contributed by atoms with Crippen LogP contribution in [0, 0.1) is 13.8 Å². The number of hydrogen-bond acceptors (Lipinski definition) is 13. The summed E-state index contributed by atoms with van der Waals surface area (Å²) >= 11 is 0. The molecule has 2 aliphatic carbocycles. The molecule has 0 saturated carbocycles. The molecule has 0 saturated heterocycles. The van der Waals surface area contributed by atoms with Gasteiger partial charge in [-0.25, -0.2) is 8.42 Å². The van der Waals surface area contributed by atoms with Crippen LogP contribution in [0.3, 0.4) is 0 Å². The van der Waals surface area contributed by atoms with Gasteiger partial charge in [-0.15, -0.1) is 0 Å². The molecule has 8 rings (SSSR count). The maximum absolute atomic E-state index is 13.1. The first-order valence-corrected chi connectivity index (χ1v) is 20.0. The van der Waals surface area contributed by atoms with Gasteiger partial charge in [-0.3, -0.25) is 23.7 Å². The SMILES string of the molecule is Cc1ccc(Nc2ccc(O)c3c2C(=O)c2ccccc2C3=O)c(S(=O)(=O)O)c1.Cc1ccc(Nc2ccc([O-])c3c2C(=O)c2ccccc2C3=O)c(S(=O)(=O)[O-])c1.[Ba+2]. The van der Waals surface area contributed by atoms with Gasteiger partial charge < -0.3 is 25.4 Å². The third-order valence-electron chi connectivity index (χ3n) is 9.45. The van der Waals surface area contributed by atoms with Gasteiger partial charge in [-0.2, -0.15) is 8.42 Å². The second-order valence-electron chi connectivity index (χ2n) is 13.3. The minimum Gasteiger partial charge on any atom is -0.872 e. The predicted octanol–water partition coefficient (Wildman–Crippen LogP) is 5.58. The van der Waals surface area contributed by atoms with Gasteiger partial charge in [0.2, 0.25) is 0 Å². The minimum atomic E-state index is -4.80. The van der Waals surface area contributed by atoms with Crippen LogP contribution in [-0.4, -0.2) is 103 Å². The molecule has 0 heterocycles. The van der Waals surface area contributed by atoms with Crippen LogP contribution in [0.1, 0.15) is 74.8 Å². The number of carbonyl (C=O) groups excluding carboxylic acids is 4. The zero-order valence-electron chi connectivity index (χ0n) is 30.9. The summed E-state index contributed by atoms with van der Waals surface area (Å²) in [6.45, 7) is 3.30. The molecule has 4 N–H and O–H groups in total. The molecule has 0 amide bonds. The number of nitrogens with one attached hydrogen (secondary N) is 2. The molecule has 0 aliphatic heterocycles. The van der Waals surface area contributed by atoms with Gasteiger partial charge in [0.05, 0.1) is 44.3 Å². The number of anilines is 4. The van der Waals surface area contributed by atoms with Crippen LogP contribution >= 0.6 is 0 Å². The van der Waals surface area contributed by atoms with Gasteiger partial charge in [0.25, 0.3) is 10.1 Å². The van der Waals surface area contributed by atoms with Crippen LogP contribution in [0.25, 0.3) is 0 Å². The van der Waals surface area contributed by atoms with Crippen molar-refractivity contribution in [2.45, 2.75) is 23.6 Å². The summed E-state index contributed by atoms with van der Waals surface area (Å²) in [5.41, 5.74) is 1.39. The van der Waals surface area contributed by atoms with Crippen LogP contribution in [0.5, 0.6) is 11.5 Å². The van der Waals surface area contributed by atoms with Crippen LogP contribution in [0.2, 0.25) is 0 Å². The van der Waals surface area contributed by atoms with Gasteiger partial charge >= 0.3 is 48.9 Å². The molecule has 17 heteroatoms. The molecule has 0 atom stereocenters. The first-order chi connectivity index (χ1) is 27.4. The molecule has 292 valence electrons. The Hall–Kier alpha value is -5.41. The van der Waals surface area contributed by atoms with Crippen LogP contribution in [0.4, 0.5) is 22.7 Å². The molecule has 0 radical (unpaired) electrons. The first-order valence-electron chi connectivity index (χ1n) is 17.1. The predicted molar refractivity (Wildman–Crippen MR) is 213 cm³/mol. The number of ketones is 4. The number of phenols is 1. The number of phenolic OH excluding ortho intramolecular Hbond substituents is 1.